The first-order chi connectivity index (χ1) is 16.5. The quantitative estimate of drug-likeness (QED) is 0.458. The zero-order valence-corrected chi connectivity index (χ0v) is 18.4. The van der Waals surface area contributed by atoms with Crippen molar-refractivity contribution in [2.24, 2.45) is 0 Å². The van der Waals surface area contributed by atoms with E-state index in [1.165, 1.54) is 28.5 Å². The highest BCUT2D eigenvalue weighted by Gasteiger charge is 2.26. The summed E-state index contributed by atoms with van der Waals surface area (Å²) in [7, 11) is 0. The molecule has 0 radical (unpaired) electrons. The molecule has 1 aliphatic rings. The first-order valence-corrected chi connectivity index (χ1v) is 11.4. The van der Waals surface area contributed by atoms with E-state index in [4.69, 9.17) is 0 Å². The molecule has 1 aliphatic carbocycles. The highest BCUT2D eigenvalue weighted by atomic mass is 19.2. The predicted octanol–water partition coefficient (Wildman–Crippen LogP) is 4.51. The molecule has 3 aromatic heterocycles. The first kappa shape index (κ1) is 22.0. The third-order valence-electron chi connectivity index (χ3n) is 6.59. The minimum absolute atomic E-state index is 0.00803. The summed E-state index contributed by atoms with van der Waals surface area (Å²) in [6.45, 7) is 0.0434. The summed E-state index contributed by atoms with van der Waals surface area (Å²) in [5.41, 5.74) is 2.15. The number of hydrogen-bond donors (Lipinski definition) is 2. The Bertz CT molecular complexity index is 1400. The normalized spacial score (nSPS) is 18.2. The van der Waals surface area contributed by atoms with Gasteiger partial charge in [-0.1, -0.05) is 6.07 Å². The van der Waals surface area contributed by atoms with Crippen LogP contribution in [0.25, 0.3) is 11.0 Å². The van der Waals surface area contributed by atoms with Crippen molar-refractivity contribution in [3.8, 4) is 0 Å². The zero-order chi connectivity index (χ0) is 23.7. The number of carbonyl (C=O) groups is 1. The number of carbonyl (C=O) groups excluding carboxylic acids is 1. The van der Waals surface area contributed by atoms with Crippen LogP contribution in [0.1, 0.15) is 53.1 Å². The lowest BCUT2D eigenvalue weighted by Crippen LogP contribution is -2.40. The molecule has 1 amide bonds. The van der Waals surface area contributed by atoms with Crippen molar-refractivity contribution in [3.05, 3.63) is 99.7 Å². The number of aromatic nitrogens is 3. The van der Waals surface area contributed by atoms with E-state index in [1.807, 2.05) is 12.3 Å². The monoisotopic (exact) mass is 462 g/mol. The van der Waals surface area contributed by atoms with E-state index in [-0.39, 0.29) is 18.2 Å². The number of fused-ring (bicyclic) bond motifs is 1. The molecule has 4 aromatic rings. The van der Waals surface area contributed by atoms with Crippen LogP contribution in [0.5, 0.6) is 0 Å². The molecule has 0 atom stereocenters. The van der Waals surface area contributed by atoms with Gasteiger partial charge in [-0.2, -0.15) is 0 Å². The van der Waals surface area contributed by atoms with E-state index in [0.29, 0.717) is 11.5 Å². The van der Waals surface area contributed by atoms with Gasteiger partial charge in [0.15, 0.2) is 11.6 Å². The Hall–Kier alpha value is -3.81. The van der Waals surface area contributed by atoms with Crippen LogP contribution in [0.3, 0.4) is 0 Å². The van der Waals surface area contributed by atoms with E-state index < -0.39 is 23.1 Å². The van der Waals surface area contributed by atoms with Crippen molar-refractivity contribution < 1.29 is 13.6 Å². The smallest absolute Gasteiger partial charge is 0.263 e. The van der Waals surface area contributed by atoms with Crippen molar-refractivity contribution in [3.63, 3.8) is 0 Å². The van der Waals surface area contributed by atoms with Crippen molar-refractivity contribution in [2.45, 2.75) is 44.2 Å². The van der Waals surface area contributed by atoms with Gasteiger partial charge in [0, 0.05) is 30.0 Å². The molecular weight excluding hydrogens is 438 g/mol. The minimum Gasteiger partial charge on any atom is -0.349 e. The number of amides is 1. The lowest BCUT2D eigenvalue weighted by Gasteiger charge is -2.29. The van der Waals surface area contributed by atoms with E-state index in [0.717, 1.165) is 48.8 Å². The molecule has 5 rings (SSSR count). The van der Waals surface area contributed by atoms with Crippen molar-refractivity contribution in [2.75, 3.05) is 0 Å². The number of nitrogens with one attached hydrogen (secondary N) is 2. The Morgan fingerprint density at radius 3 is 2.71 bits per heavy atom. The van der Waals surface area contributed by atoms with Gasteiger partial charge >= 0.3 is 0 Å². The highest BCUT2D eigenvalue weighted by Crippen LogP contribution is 2.36. The van der Waals surface area contributed by atoms with Gasteiger partial charge in [0.25, 0.3) is 11.5 Å². The van der Waals surface area contributed by atoms with Crippen molar-refractivity contribution in [1.29, 1.82) is 0 Å². The highest BCUT2D eigenvalue weighted by molar-refractivity contribution is 5.94. The maximum Gasteiger partial charge on any atom is 0.263 e. The molecule has 8 heteroatoms. The van der Waals surface area contributed by atoms with Crippen LogP contribution in [0.4, 0.5) is 8.78 Å². The number of rotatable bonds is 5. The number of benzene rings is 1. The van der Waals surface area contributed by atoms with Crippen LogP contribution in [0.2, 0.25) is 0 Å². The Morgan fingerprint density at radius 1 is 1.09 bits per heavy atom. The predicted molar refractivity (Wildman–Crippen MR) is 125 cm³/mol. The fraction of sp³-hybridized carbons (Fsp3) is 0.269. The molecule has 34 heavy (non-hydrogen) atoms. The Morgan fingerprint density at radius 2 is 1.91 bits per heavy atom. The van der Waals surface area contributed by atoms with Crippen molar-refractivity contribution >= 4 is 16.9 Å². The van der Waals surface area contributed by atoms with Gasteiger partial charge in [-0.15, -0.1) is 0 Å². The van der Waals surface area contributed by atoms with E-state index in [1.54, 1.807) is 12.3 Å². The Labute approximate surface area is 194 Å². The minimum atomic E-state index is -0.973. The van der Waals surface area contributed by atoms with Crippen molar-refractivity contribution in [1.82, 2.24) is 19.9 Å². The second-order valence-corrected chi connectivity index (χ2v) is 8.77. The van der Waals surface area contributed by atoms with Gasteiger partial charge < -0.3 is 14.9 Å². The molecule has 0 aliphatic heterocycles. The van der Waals surface area contributed by atoms with Gasteiger partial charge in [0.05, 0.1) is 6.54 Å². The molecule has 6 nitrogen and oxygen atoms in total. The van der Waals surface area contributed by atoms with Gasteiger partial charge in [-0.3, -0.25) is 9.59 Å². The fourth-order valence-electron chi connectivity index (χ4n) is 4.80. The van der Waals surface area contributed by atoms with Gasteiger partial charge in [-0.05, 0) is 79.1 Å². The molecule has 0 unspecified atom stereocenters. The summed E-state index contributed by atoms with van der Waals surface area (Å²) >= 11 is 0. The number of nitrogens with zero attached hydrogens (tertiary/aromatic N) is 2. The summed E-state index contributed by atoms with van der Waals surface area (Å²) in [6, 6.07) is 10.6. The third kappa shape index (κ3) is 4.35. The van der Waals surface area contributed by atoms with E-state index in [2.05, 4.69) is 21.4 Å². The molecule has 1 aromatic carbocycles. The largest absolute Gasteiger partial charge is 0.349 e. The van der Waals surface area contributed by atoms with Crippen LogP contribution in [-0.2, 0) is 6.54 Å². The molecule has 0 spiro atoms. The summed E-state index contributed by atoms with van der Waals surface area (Å²) in [4.78, 5) is 33.3. The fourth-order valence-corrected chi connectivity index (χ4v) is 4.80. The first-order valence-electron chi connectivity index (χ1n) is 11.4. The number of aromatic amines is 1. The topological polar surface area (TPSA) is 79.8 Å². The Balaban J connectivity index is 1.24. The average Bonchev–Trinajstić information content (AvgIpc) is 3.27. The second-order valence-electron chi connectivity index (χ2n) is 8.77. The van der Waals surface area contributed by atoms with Crippen LogP contribution in [0, 0.1) is 11.6 Å². The lowest BCUT2D eigenvalue weighted by molar-refractivity contribution is 0.0923. The summed E-state index contributed by atoms with van der Waals surface area (Å²) in [5.74, 6) is -1.93. The summed E-state index contributed by atoms with van der Waals surface area (Å²) < 4.78 is 28.0. The van der Waals surface area contributed by atoms with Crippen LogP contribution in [-0.4, -0.2) is 26.5 Å². The van der Waals surface area contributed by atoms with E-state index in [9.17, 15) is 18.4 Å². The Kier molecular flexibility index (Phi) is 5.96. The van der Waals surface area contributed by atoms with Gasteiger partial charge in [0.1, 0.15) is 11.2 Å². The van der Waals surface area contributed by atoms with E-state index >= 15 is 0 Å². The van der Waals surface area contributed by atoms with Crippen LogP contribution >= 0.6 is 0 Å². The molecule has 1 fully saturated rings. The summed E-state index contributed by atoms with van der Waals surface area (Å²) in [6.07, 6.45) is 8.83. The third-order valence-corrected chi connectivity index (χ3v) is 6.59. The lowest BCUT2D eigenvalue weighted by atomic mass is 9.81. The van der Waals surface area contributed by atoms with Gasteiger partial charge in [0.2, 0.25) is 0 Å². The molecular formula is C26H24F2N4O2. The maximum atomic E-state index is 13.5. The van der Waals surface area contributed by atoms with Gasteiger partial charge in [-0.25, -0.2) is 13.8 Å². The standard InChI is InChI=1S/C26H24F2N4O2/c27-22-10-5-16(13-23(22)28)15-32-12-2-4-20(26(32)34)25(33)31-18-8-6-17(7-9-18)21-14-30-24-19(21)3-1-11-29-24/h1-5,10-14,17-18H,6-9,15H2,(H,29,30)(H,31,33)/t17-,18+. The van der Waals surface area contributed by atoms with Crippen LogP contribution < -0.4 is 10.9 Å². The summed E-state index contributed by atoms with van der Waals surface area (Å²) in [5, 5.41) is 4.14. The number of pyridine rings is 2. The number of H-pyrrole nitrogens is 1. The SMILES string of the molecule is O=C(N[C@H]1CC[C@@H](c2c[nH]c3ncccc32)CC1)c1cccn(Cc2ccc(F)c(F)c2)c1=O. The maximum absolute atomic E-state index is 13.5. The molecule has 3 heterocycles. The number of halogens is 2. The molecule has 2 N–H and O–H groups in total. The molecule has 174 valence electrons. The zero-order valence-electron chi connectivity index (χ0n) is 18.4. The van der Waals surface area contributed by atoms with Crippen LogP contribution in [0.15, 0.2) is 65.8 Å². The molecule has 1 saturated carbocycles. The molecule has 0 bridgehead atoms. The molecule has 0 saturated heterocycles. The average molecular weight is 463 g/mol. The number of hydrogen-bond acceptors (Lipinski definition) is 3. The second kappa shape index (κ2) is 9.21.